The van der Waals surface area contributed by atoms with Crippen molar-refractivity contribution in [1.29, 1.82) is 0 Å². The molecule has 2 rings (SSSR count). The molecule has 1 amide bonds. The molecule has 1 N–H and O–H groups in total. The molecule has 0 aromatic carbocycles. The molecule has 0 radical (unpaired) electrons. The van der Waals surface area contributed by atoms with Crippen molar-refractivity contribution in [3.8, 4) is 0 Å². The van der Waals surface area contributed by atoms with Crippen molar-refractivity contribution in [1.82, 2.24) is 9.80 Å². The van der Waals surface area contributed by atoms with E-state index in [9.17, 15) is 4.79 Å². The molecule has 0 saturated carbocycles. The fraction of sp³-hybridized carbons (Fsp3) is 0.909. The molecular formula is C11H20N2O2. The smallest absolute Gasteiger partial charge is 0.407 e. The molecule has 0 aliphatic carbocycles. The molecule has 2 aliphatic rings. The average Bonchev–Trinajstić information content (AvgIpc) is 2.64. The van der Waals surface area contributed by atoms with E-state index in [1.807, 2.05) is 0 Å². The Morgan fingerprint density at radius 3 is 2.40 bits per heavy atom. The first-order chi connectivity index (χ1) is 7.12. The molecule has 2 heterocycles. The van der Waals surface area contributed by atoms with Crippen molar-refractivity contribution in [3.05, 3.63) is 0 Å². The first-order valence-electron chi connectivity index (χ1n) is 5.85. The molecule has 2 fully saturated rings. The maximum Gasteiger partial charge on any atom is 0.407 e. The minimum absolute atomic E-state index is 0.0960. The van der Waals surface area contributed by atoms with Crippen LogP contribution in [0.25, 0.3) is 0 Å². The third-order valence-electron chi connectivity index (χ3n) is 3.84. The van der Waals surface area contributed by atoms with Gasteiger partial charge in [0.15, 0.2) is 0 Å². The number of nitrogens with zero attached hydrogens (tertiary/aromatic N) is 2. The van der Waals surface area contributed by atoms with Gasteiger partial charge in [-0.05, 0) is 39.3 Å². The summed E-state index contributed by atoms with van der Waals surface area (Å²) >= 11 is 0. The van der Waals surface area contributed by atoms with Crippen molar-refractivity contribution < 1.29 is 9.90 Å². The molecule has 15 heavy (non-hydrogen) atoms. The zero-order valence-corrected chi connectivity index (χ0v) is 9.41. The third kappa shape index (κ3) is 2.09. The summed E-state index contributed by atoms with van der Waals surface area (Å²) in [6.07, 6.45) is 4.08. The lowest BCUT2D eigenvalue weighted by Gasteiger charge is -2.40. The number of hydrogen-bond donors (Lipinski definition) is 1. The summed E-state index contributed by atoms with van der Waals surface area (Å²) in [5.41, 5.74) is 0.0960. The van der Waals surface area contributed by atoms with E-state index >= 15 is 0 Å². The number of hydrogen-bond acceptors (Lipinski definition) is 2. The maximum absolute atomic E-state index is 10.9. The number of rotatable bonds is 1. The molecular weight excluding hydrogens is 192 g/mol. The number of amides is 1. The van der Waals surface area contributed by atoms with Crippen LogP contribution in [-0.4, -0.2) is 52.7 Å². The molecule has 0 aromatic heterocycles. The Balaban J connectivity index is 1.98. The Morgan fingerprint density at radius 2 is 1.87 bits per heavy atom. The maximum atomic E-state index is 10.9. The van der Waals surface area contributed by atoms with E-state index in [0.717, 1.165) is 19.5 Å². The van der Waals surface area contributed by atoms with Gasteiger partial charge in [0.25, 0.3) is 0 Å². The minimum atomic E-state index is -0.768. The first-order valence-corrected chi connectivity index (χ1v) is 5.85. The predicted molar refractivity (Wildman–Crippen MR) is 58.0 cm³/mol. The van der Waals surface area contributed by atoms with Crippen molar-refractivity contribution in [2.24, 2.45) is 0 Å². The van der Waals surface area contributed by atoms with E-state index in [-0.39, 0.29) is 5.54 Å². The van der Waals surface area contributed by atoms with Gasteiger partial charge in [-0.25, -0.2) is 4.79 Å². The van der Waals surface area contributed by atoms with Crippen molar-refractivity contribution in [2.45, 2.75) is 38.1 Å². The molecule has 0 aromatic rings. The van der Waals surface area contributed by atoms with Crippen LogP contribution in [0.3, 0.4) is 0 Å². The van der Waals surface area contributed by atoms with Gasteiger partial charge in [-0.15, -0.1) is 0 Å². The second-order valence-electron chi connectivity index (χ2n) is 5.00. The number of likely N-dealkylation sites (tertiary alicyclic amines) is 2. The van der Waals surface area contributed by atoms with E-state index in [1.165, 1.54) is 19.3 Å². The van der Waals surface area contributed by atoms with Crippen molar-refractivity contribution in [2.75, 3.05) is 26.2 Å². The van der Waals surface area contributed by atoms with Crippen molar-refractivity contribution in [3.63, 3.8) is 0 Å². The Kier molecular flexibility index (Phi) is 2.87. The summed E-state index contributed by atoms with van der Waals surface area (Å²) in [4.78, 5) is 14.9. The zero-order chi connectivity index (χ0) is 10.9. The van der Waals surface area contributed by atoms with Gasteiger partial charge >= 0.3 is 6.09 Å². The topological polar surface area (TPSA) is 43.8 Å². The second-order valence-corrected chi connectivity index (χ2v) is 5.00. The monoisotopic (exact) mass is 212 g/mol. The normalized spacial score (nSPS) is 33.3. The number of carbonyl (C=O) groups is 1. The molecule has 1 unspecified atom stereocenters. The molecule has 0 bridgehead atoms. The van der Waals surface area contributed by atoms with E-state index in [0.29, 0.717) is 13.1 Å². The van der Waals surface area contributed by atoms with Crippen LogP contribution in [0.1, 0.15) is 32.6 Å². The van der Waals surface area contributed by atoms with Crippen LogP contribution in [0.4, 0.5) is 4.79 Å². The Labute approximate surface area is 90.9 Å². The predicted octanol–water partition coefficient (Wildman–Crippen LogP) is 1.61. The Hall–Kier alpha value is -0.770. The second kappa shape index (κ2) is 4.00. The molecule has 2 aliphatic heterocycles. The lowest BCUT2D eigenvalue weighted by molar-refractivity contribution is 0.0837. The van der Waals surface area contributed by atoms with E-state index in [1.54, 1.807) is 4.90 Å². The quantitative estimate of drug-likeness (QED) is 0.718. The molecule has 1 atom stereocenters. The SMILES string of the molecule is CC1(N2CCCCC2)CCN(C(=O)O)C1. The first kappa shape index (κ1) is 10.7. The van der Waals surface area contributed by atoms with Crippen LogP contribution in [-0.2, 0) is 0 Å². The van der Waals surface area contributed by atoms with Crippen molar-refractivity contribution >= 4 is 6.09 Å². The summed E-state index contributed by atoms with van der Waals surface area (Å²) in [5, 5.41) is 8.95. The van der Waals surface area contributed by atoms with Gasteiger partial charge in [-0.1, -0.05) is 6.42 Å². The van der Waals surface area contributed by atoms with Gasteiger partial charge in [0.05, 0.1) is 0 Å². The summed E-state index contributed by atoms with van der Waals surface area (Å²) in [6, 6.07) is 0. The summed E-state index contributed by atoms with van der Waals surface area (Å²) < 4.78 is 0. The van der Waals surface area contributed by atoms with Gasteiger partial charge in [-0.3, -0.25) is 4.90 Å². The lowest BCUT2D eigenvalue weighted by Crippen LogP contribution is -2.50. The van der Waals surface area contributed by atoms with Gasteiger partial charge in [0.1, 0.15) is 0 Å². The van der Waals surface area contributed by atoms with Crippen LogP contribution in [0.2, 0.25) is 0 Å². The van der Waals surface area contributed by atoms with E-state index in [4.69, 9.17) is 5.11 Å². The van der Waals surface area contributed by atoms with E-state index in [2.05, 4.69) is 11.8 Å². The third-order valence-corrected chi connectivity index (χ3v) is 3.84. The van der Waals surface area contributed by atoms with Gasteiger partial charge in [0, 0.05) is 18.6 Å². The standard InChI is InChI=1S/C11H20N2O2/c1-11(13-6-3-2-4-7-13)5-8-12(9-11)10(14)15/h2-9H2,1H3,(H,14,15). The highest BCUT2D eigenvalue weighted by Crippen LogP contribution is 2.30. The molecule has 2 saturated heterocycles. The van der Waals surface area contributed by atoms with Gasteiger partial charge in [0.2, 0.25) is 0 Å². The highest BCUT2D eigenvalue weighted by atomic mass is 16.4. The highest BCUT2D eigenvalue weighted by Gasteiger charge is 2.40. The molecule has 0 spiro atoms. The fourth-order valence-corrected chi connectivity index (χ4v) is 2.80. The summed E-state index contributed by atoms with van der Waals surface area (Å²) in [6.45, 7) is 5.87. The number of piperidine rings is 1. The average molecular weight is 212 g/mol. The Bertz CT molecular complexity index is 251. The number of carboxylic acid groups (broad SMARTS) is 1. The van der Waals surface area contributed by atoms with Crippen LogP contribution >= 0.6 is 0 Å². The molecule has 4 heteroatoms. The molecule has 4 nitrogen and oxygen atoms in total. The minimum Gasteiger partial charge on any atom is -0.465 e. The van der Waals surface area contributed by atoms with E-state index < -0.39 is 6.09 Å². The van der Waals surface area contributed by atoms with Crippen LogP contribution in [0.5, 0.6) is 0 Å². The van der Waals surface area contributed by atoms with Crippen LogP contribution in [0, 0.1) is 0 Å². The zero-order valence-electron chi connectivity index (χ0n) is 9.41. The summed E-state index contributed by atoms with van der Waals surface area (Å²) in [5.74, 6) is 0. The molecule has 86 valence electrons. The van der Waals surface area contributed by atoms with Crippen LogP contribution in [0.15, 0.2) is 0 Å². The van der Waals surface area contributed by atoms with Gasteiger partial charge < -0.3 is 10.0 Å². The fourth-order valence-electron chi connectivity index (χ4n) is 2.80. The van der Waals surface area contributed by atoms with Gasteiger partial charge in [-0.2, -0.15) is 0 Å². The highest BCUT2D eigenvalue weighted by molar-refractivity contribution is 5.65. The Morgan fingerprint density at radius 1 is 1.20 bits per heavy atom. The largest absolute Gasteiger partial charge is 0.465 e. The lowest BCUT2D eigenvalue weighted by atomic mass is 9.95. The van der Waals surface area contributed by atoms with Crippen LogP contribution < -0.4 is 0 Å². The summed E-state index contributed by atoms with van der Waals surface area (Å²) in [7, 11) is 0.